The van der Waals surface area contributed by atoms with Gasteiger partial charge in [0.15, 0.2) is 5.13 Å². The van der Waals surface area contributed by atoms with Gasteiger partial charge in [-0.25, -0.2) is 9.78 Å². The Kier molecular flexibility index (Phi) is 4.74. The normalized spacial score (nSPS) is 16.1. The average Bonchev–Trinajstić information content (AvgIpc) is 3.12. The number of anilines is 1. The maximum absolute atomic E-state index is 12.1. The second-order valence-electron chi connectivity index (χ2n) is 4.74. The van der Waals surface area contributed by atoms with Crippen molar-refractivity contribution in [1.82, 2.24) is 14.8 Å². The standard InChI is InChI=1S/C13H15ClN4OS2/c14-11-2-1-10(21-11)9-17-4-6-18(7-5-17)13(19)16-12-15-3-8-20-12/h1-3,8H,4-7,9H2,(H,15,16,19). The minimum absolute atomic E-state index is 0.0660. The monoisotopic (exact) mass is 342 g/mol. The number of urea groups is 1. The molecule has 0 radical (unpaired) electrons. The Morgan fingerprint density at radius 2 is 2.14 bits per heavy atom. The van der Waals surface area contributed by atoms with Crippen LogP contribution in [0.4, 0.5) is 9.93 Å². The lowest BCUT2D eigenvalue weighted by molar-refractivity contribution is 0.143. The first-order valence-electron chi connectivity index (χ1n) is 6.63. The van der Waals surface area contributed by atoms with Crippen LogP contribution < -0.4 is 5.32 Å². The zero-order valence-electron chi connectivity index (χ0n) is 11.3. The highest BCUT2D eigenvalue weighted by atomic mass is 35.5. The van der Waals surface area contributed by atoms with Gasteiger partial charge in [0.1, 0.15) is 0 Å². The van der Waals surface area contributed by atoms with E-state index in [1.54, 1.807) is 17.5 Å². The number of thiophene rings is 1. The molecule has 2 amide bonds. The van der Waals surface area contributed by atoms with Crippen molar-refractivity contribution in [3.63, 3.8) is 0 Å². The van der Waals surface area contributed by atoms with Crippen LogP contribution in [0.3, 0.4) is 0 Å². The van der Waals surface area contributed by atoms with Gasteiger partial charge in [-0.3, -0.25) is 10.2 Å². The Morgan fingerprint density at radius 3 is 2.76 bits per heavy atom. The van der Waals surface area contributed by atoms with Crippen LogP contribution in [0.2, 0.25) is 4.34 Å². The first kappa shape index (κ1) is 14.8. The molecule has 0 unspecified atom stereocenters. The molecule has 1 aliphatic heterocycles. The van der Waals surface area contributed by atoms with Gasteiger partial charge >= 0.3 is 6.03 Å². The molecule has 1 saturated heterocycles. The molecule has 0 atom stereocenters. The SMILES string of the molecule is O=C(Nc1nccs1)N1CCN(Cc2ccc(Cl)s2)CC1. The van der Waals surface area contributed by atoms with Crippen molar-refractivity contribution in [3.8, 4) is 0 Å². The number of hydrogen-bond donors (Lipinski definition) is 1. The first-order valence-corrected chi connectivity index (χ1v) is 8.70. The van der Waals surface area contributed by atoms with Gasteiger partial charge in [0.05, 0.1) is 4.34 Å². The fourth-order valence-electron chi connectivity index (χ4n) is 2.22. The number of rotatable bonds is 3. The summed E-state index contributed by atoms with van der Waals surface area (Å²) in [6.07, 6.45) is 1.68. The Morgan fingerprint density at radius 1 is 1.33 bits per heavy atom. The topological polar surface area (TPSA) is 48.5 Å². The molecule has 8 heteroatoms. The second-order valence-corrected chi connectivity index (χ2v) is 7.43. The molecular formula is C13H15ClN4OS2. The summed E-state index contributed by atoms with van der Waals surface area (Å²) in [6.45, 7) is 4.12. The first-order chi connectivity index (χ1) is 10.2. The van der Waals surface area contributed by atoms with Crippen LogP contribution in [0.5, 0.6) is 0 Å². The highest BCUT2D eigenvalue weighted by Gasteiger charge is 2.21. The summed E-state index contributed by atoms with van der Waals surface area (Å²) in [4.78, 5) is 21.6. The van der Waals surface area contributed by atoms with Crippen LogP contribution in [0.15, 0.2) is 23.7 Å². The van der Waals surface area contributed by atoms with E-state index in [4.69, 9.17) is 11.6 Å². The third kappa shape index (κ3) is 3.94. The van der Waals surface area contributed by atoms with Gasteiger partial charge in [-0.15, -0.1) is 22.7 Å². The van der Waals surface area contributed by atoms with E-state index < -0.39 is 0 Å². The van der Waals surface area contributed by atoms with Crippen molar-refractivity contribution in [1.29, 1.82) is 0 Å². The number of thiazole rings is 1. The predicted molar refractivity (Wildman–Crippen MR) is 87.3 cm³/mol. The minimum atomic E-state index is -0.0660. The molecule has 1 fully saturated rings. The van der Waals surface area contributed by atoms with Crippen molar-refractivity contribution >= 4 is 45.4 Å². The van der Waals surface area contributed by atoms with Gasteiger partial charge < -0.3 is 4.90 Å². The van der Waals surface area contributed by atoms with Gasteiger partial charge in [0, 0.05) is 49.2 Å². The maximum Gasteiger partial charge on any atom is 0.323 e. The lowest BCUT2D eigenvalue weighted by Gasteiger charge is -2.34. The molecule has 1 N–H and O–H groups in total. The summed E-state index contributed by atoms with van der Waals surface area (Å²) >= 11 is 8.99. The molecule has 1 aliphatic rings. The quantitative estimate of drug-likeness (QED) is 0.931. The summed E-state index contributed by atoms with van der Waals surface area (Å²) in [7, 11) is 0. The van der Waals surface area contributed by atoms with Gasteiger partial charge in [-0.2, -0.15) is 0 Å². The van der Waals surface area contributed by atoms with Gasteiger partial charge in [-0.1, -0.05) is 11.6 Å². The number of hydrogen-bond acceptors (Lipinski definition) is 5. The van der Waals surface area contributed by atoms with Gasteiger partial charge in [0.2, 0.25) is 0 Å². The molecule has 3 heterocycles. The van der Waals surface area contributed by atoms with Crippen molar-refractivity contribution in [2.75, 3.05) is 31.5 Å². The Labute approximate surface area is 136 Å². The van der Waals surface area contributed by atoms with E-state index in [9.17, 15) is 4.79 Å². The van der Waals surface area contributed by atoms with E-state index in [2.05, 4.69) is 21.3 Å². The lowest BCUT2D eigenvalue weighted by atomic mass is 10.3. The number of carbonyl (C=O) groups excluding carboxylic acids is 1. The summed E-state index contributed by atoms with van der Waals surface area (Å²) in [6, 6.07) is 3.93. The Hall–Kier alpha value is -1.15. The number of carbonyl (C=O) groups is 1. The molecular weight excluding hydrogens is 328 g/mol. The molecule has 21 heavy (non-hydrogen) atoms. The van der Waals surface area contributed by atoms with Crippen LogP contribution >= 0.6 is 34.3 Å². The summed E-state index contributed by atoms with van der Waals surface area (Å²) in [5.74, 6) is 0. The van der Waals surface area contributed by atoms with Crippen LogP contribution in [0.25, 0.3) is 0 Å². The number of halogens is 1. The lowest BCUT2D eigenvalue weighted by Crippen LogP contribution is -2.49. The molecule has 112 valence electrons. The zero-order valence-corrected chi connectivity index (χ0v) is 13.7. The Balaban J connectivity index is 1.47. The van der Waals surface area contributed by atoms with E-state index in [1.165, 1.54) is 16.2 Å². The largest absolute Gasteiger partial charge is 0.323 e. The molecule has 0 bridgehead atoms. The van der Waals surface area contributed by atoms with Crippen molar-refractivity contribution in [2.24, 2.45) is 0 Å². The molecule has 0 spiro atoms. The number of nitrogens with one attached hydrogen (secondary N) is 1. The van der Waals surface area contributed by atoms with E-state index in [1.807, 2.05) is 16.3 Å². The summed E-state index contributed by atoms with van der Waals surface area (Å²) in [5, 5.41) is 5.32. The molecule has 0 saturated carbocycles. The van der Waals surface area contributed by atoms with Crippen LogP contribution in [-0.2, 0) is 6.54 Å². The number of piperazine rings is 1. The molecule has 2 aromatic heterocycles. The maximum atomic E-state index is 12.1. The minimum Gasteiger partial charge on any atom is -0.322 e. The van der Waals surface area contributed by atoms with Crippen LogP contribution in [0.1, 0.15) is 4.88 Å². The predicted octanol–water partition coefficient (Wildman–Crippen LogP) is 3.21. The fourth-order valence-corrected chi connectivity index (χ4v) is 3.87. The number of nitrogens with zero attached hydrogens (tertiary/aromatic N) is 3. The van der Waals surface area contributed by atoms with Crippen molar-refractivity contribution < 1.29 is 4.79 Å². The van der Waals surface area contributed by atoms with Crippen molar-refractivity contribution in [3.05, 3.63) is 32.9 Å². The highest BCUT2D eigenvalue weighted by Crippen LogP contribution is 2.23. The van der Waals surface area contributed by atoms with E-state index in [0.29, 0.717) is 5.13 Å². The second kappa shape index (κ2) is 6.74. The van der Waals surface area contributed by atoms with E-state index >= 15 is 0 Å². The fraction of sp³-hybridized carbons (Fsp3) is 0.385. The summed E-state index contributed by atoms with van der Waals surface area (Å²) < 4.78 is 0.825. The molecule has 2 aromatic rings. The third-order valence-corrected chi connectivity index (χ3v) is 5.22. The van der Waals surface area contributed by atoms with Crippen molar-refractivity contribution in [2.45, 2.75) is 6.54 Å². The third-order valence-electron chi connectivity index (χ3n) is 3.31. The molecule has 5 nitrogen and oxygen atoms in total. The summed E-state index contributed by atoms with van der Waals surface area (Å²) in [5.41, 5.74) is 0. The molecule has 0 aliphatic carbocycles. The zero-order chi connectivity index (χ0) is 14.7. The number of aromatic nitrogens is 1. The van der Waals surface area contributed by atoms with Crippen LogP contribution in [-0.4, -0.2) is 47.0 Å². The number of amides is 2. The van der Waals surface area contributed by atoms with E-state index in [0.717, 1.165) is 37.1 Å². The highest BCUT2D eigenvalue weighted by molar-refractivity contribution is 7.16. The average molecular weight is 343 g/mol. The van der Waals surface area contributed by atoms with Crippen LogP contribution in [0, 0.1) is 0 Å². The Bertz CT molecular complexity index is 593. The van der Waals surface area contributed by atoms with E-state index in [-0.39, 0.29) is 6.03 Å². The van der Waals surface area contributed by atoms with Gasteiger partial charge in [0.25, 0.3) is 0 Å². The molecule has 3 rings (SSSR count). The molecule has 0 aromatic carbocycles. The van der Waals surface area contributed by atoms with Gasteiger partial charge in [-0.05, 0) is 12.1 Å². The smallest absolute Gasteiger partial charge is 0.322 e.